The standard InChI is InChI=1S/C19H18N2O/c1-2-15-8-10-16(11-9-15)12-18(13-20)19(22)21-14-17-6-4-3-5-7-17/h3-12H,2,14H2,1H3,(H,21,22)/b18-12-. The minimum absolute atomic E-state index is 0.111. The van der Waals surface area contributed by atoms with Crippen molar-refractivity contribution < 1.29 is 4.79 Å². The van der Waals surface area contributed by atoms with Crippen LogP contribution in [0.25, 0.3) is 6.08 Å². The van der Waals surface area contributed by atoms with Crippen molar-refractivity contribution in [1.29, 1.82) is 5.26 Å². The molecule has 0 saturated carbocycles. The lowest BCUT2D eigenvalue weighted by Gasteiger charge is -2.04. The first kappa shape index (κ1) is 15.5. The Morgan fingerprint density at radius 3 is 2.36 bits per heavy atom. The molecule has 1 amide bonds. The Hall–Kier alpha value is -2.86. The van der Waals surface area contributed by atoms with Gasteiger partial charge in [-0.3, -0.25) is 4.79 Å². The second kappa shape index (κ2) is 7.80. The van der Waals surface area contributed by atoms with Crippen LogP contribution >= 0.6 is 0 Å². The highest BCUT2D eigenvalue weighted by atomic mass is 16.1. The smallest absolute Gasteiger partial charge is 0.262 e. The van der Waals surface area contributed by atoms with Crippen LogP contribution in [-0.2, 0) is 17.8 Å². The SMILES string of the molecule is CCc1ccc(/C=C(/C#N)C(=O)NCc2ccccc2)cc1. The van der Waals surface area contributed by atoms with Gasteiger partial charge in [-0.15, -0.1) is 0 Å². The van der Waals surface area contributed by atoms with Gasteiger partial charge in [0.25, 0.3) is 5.91 Å². The Morgan fingerprint density at radius 2 is 1.77 bits per heavy atom. The molecule has 0 saturated heterocycles. The number of nitrogens with one attached hydrogen (secondary N) is 1. The van der Waals surface area contributed by atoms with E-state index in [2.05, 4.69) is 12.2 Å². The third-order valence-corrected chi connectivity index (χ3v) is 3.36. The number of nitriles is 1. The first-order valence-electron chi connectivity index (χ1n) is 7.25. The van der Waals surface area contributed by atoms with Crippen LogP contribution in [-0.4, -0.2) is 5.91 Å². The Labute approximate surface area is 130 Å². The van der Waals surface area contributed by atoms with Gasteiger partial charge in [-0.05, 0) is 29.2 Å². The van der Waals surface area contributed by atoms with Crippen molar-refractivity contribution >= 4 is 12.0 Å². The van der Waals surface area contributed by atoms with Gasteiger partial charge in [0.15, 0.2) is 0 Å². The molecule has 0 aliphatic rings. The molecule has 3 nitrogen and oxygen atoms in total. The molecule has 0 bridgehead atoms. The van der Waals surface area contributed by atoms with Crippen LogP contribution in [0.2, 0.25) is 0 Å². The summed E-state index contributed by atoms with van der Waals surface area (Å²) < 4.78 is 0. The highest BCUT2D eigenvalue weighted by Gasteiger charge is 2.08. The van der Waals surface area contributed by atoms with Crippen LogP contribution in [0.5, 0.6) is 0 Å². The minimum atomic E-state index is -0.356. The summed E-state index contributed by atoms with van der Waals surface area (Å²) in [6.07, 6.45) is 2.58. The van der Waals surface area contributed by atoms with Gasteiger partial charge >= 0.3 is 0 Å². The first-order valence-corrected chi connectivity index (χ1v) is 7.25. The molecule has 0 atom stereocenters. The number of nitrogens with zero attached hydrogens (tertiary/aromatic N) is 1. The Bertz CT molecular complexity index is 694. The predicted octanol–water partition coefficient (Wildman–Crippen LogP) is 3.47. The molecule has 0 aromatic heterocycles. The third kappa shape index (κ3) is 4.32. The molecule has 0 spiro atoms. The van der Waals surface area contributed by atoms with E-state index in [-0.39, 0.29) is 11.5 Å². The molecule has 22 heavy (non-hydrogen) atoms. The molecule has 2 aromatic carbocycles. The zero-order valence-corrected chi connectivity index (χ0v) is 12.5. The number of amides is 1. The van der Waals surface area contributed by atoms with Crippen molar-refractivity contribution in [2.75, 3.05) is 0 Å². The van der Waals surface area contributed by atoms with Gasteiger partial charge in [0.1, 0.15) is 11.6 Å². The molecule has 0 aliphatic carbocycles. The van der Waals surface area contributed by atoms with Crippen LogP contribution < -0.4 is 5.32 Å². The Kier molecular flexibility index (Phi) is 5.50. The zero-order valence-electron chi connectivity index (χ0n) is 12.5. The van der Waals surface area contributed by atoms with E-state index >= 15 is 0 Å². The van der Waals surface area contributed by atoms with Crippen molar-refractivity contribution in [3.05, 3.63) is 76.9 Å². The Morgan fingerprint density at radius 1 is 1.09 bits per heavy atom. The molecular weight excluding hydrogens is 272 g/mol. The molecular formula is C19H18N2O. The number of rotatable bonds is 5. The number of hydrogen-bond acceptors (Lipinski definition) is 2. The van der Waals surface area contributed by atoms with Crippen molar-refractivity contribution in [2.45, 2.75) is 19.9 Å². The second-order valence-electron chi connectivity index (χ2n) is 4.93. The lowest BCUT2D eigenvalue weighted by Crippen LogP contribution is -2.23. The van der Waals surface area contributed by atoms with Crippen LogP contribution in [0, 0.1) is 11.3 Å². The van der Waals surface area contributed by atoms with Crippen LogP contribution in [0.3, 0.4) is 0 Å². The maximum Gasteiger partial charge on any atom is 0.262 e. The zero-order chi connectivity index (χ0) is 15.8. The molecule has 1 N–H and O–H groups in total. The van der Waals surface area contributed by atoms with Crippen molar-refractivity contribution in [1.82, 2.24) is 5.32 Å². The minimum Gasteiger partial charge on any atom is -0.347 e. The van der Waals surface area contributed by atoms with E-state index in [1.54, 1.807) is 6.08 Å². The first-order chi connectivity index (χ1) is 10.7. The topological polar surface area (TPSA) is 52.9 Å². The fourth-order valence-electron chi connectivity index (χ4n) is 2.04. The highest BCUT2D eigenvalue weighted by molar-refractivity contribution is 6.01. The molecule has 0 radical (unpaired) electrons. The summed E-state index contributed by atoms with van der Waals surface area (Å²) in [5.74, 6) is -0.356. The summed E-state index contributed by atoms with van der Waals surface area (Å²) in [6, 6.07) is 19.4. The number of benzene rings is 2. The summed E-state index contributed by atoms with van der Waals surface area (Å²) in [5, 5.41) is 11.9. The summed E-state index contributed by atoms with van der Waals surface area (Å²) in [6.45, 7) is 2.50. The molecule has 3 heteroatoms. The number of hydrogen-bond donors (Lipinski definition) is 1. The molecule has 0 fully saturated rings. The fraction of sp³-hybridized carbons (Fsp3) is 0.158. The van der Waals surface area contributed by atoms with Crippen LogP contribution in [0.15, 0.2) is 60.2 Å². The maximum absolute atomic E-state index is 12.1. The monoisotopic (exact) mass is 290 g/mol. The van der Waals surface area contributed by atoms with E-state index in [0.717, 1.165) is 17.5 Å². The van der Waals surface area contributed by atoms with Gasteiger partial charge in [0, 0.05) is 6.54 Å². The van der Waals surface area contributed by atoms with Crippen molar-refractivity contribution in [2.24, 2.45) is 0 Å². The number of carbonyl (C=O) groups excluding carboxylic acids is 1. The fourth-order valence-corrected chi connectivity index (χ4v) is 2.04. The Balaban J connectivity index is 2.04. The number of carbonyl (C=O) groups is 1. The quantitative estimate of drug-likeness (QED) is 0.677. The maximum atomic E-state index is 12.1. The third-order valence-electron chi connectivity index (χ3n) is 3.36. The summed E-state index contributed by atoms with van der Waals surface area (Å²) >= 11 is 0. The van der Waals surface area contributed by atoms with E-state index in [1.807, 2.05) is 60.7 Å². The highest BCUT2D eigenvalue weighted by Crippen LogP contribution is 2.10. The van der Waals surface area contributed by atoms with Gasteiger partial charge in [0.2, 0.25) is 0 Å². The van der Waals surface area contributed by atoms with Gasteiger partial charge in [-0.1, -0.05) is 61.5 Å². The van der Waals surface area contributed by atoms with Crippen molar-refractivity contribution in [3.63, 3.8) is 0 Å². The summed E-state index contributed by atoms with van der Waals surface area (Å²) in [4.78, 5) is 12.1. The van der Waals surface area contributed by atoms with Crippen LogP contribution in [0.1, 0.15) is 23.6 Å². The van der Waals surface area contributed by atoms with Crippen molar-refractivity contribution in [3.8, 4) is 6.07 Å². The van der Waals surface area contributed by atoms with Gasteiger partial charge in [-0.2, -0.15) is 5.26 Å². The van der Waals surface area contributed by atoms with E-state index in [9.17, 15) is 10.1 Å². The largest absolute Gasteiger partial charge is 0.347 e. The van der Waals surface area contributed by atoms with Crippen LogP contribution in [0.4, 0.5) is 0 Å². The van der Waals surface area contributed by atoms with Gasteiger partial charge in [0.05, 0.1) is 0 Å². The molecule has 2 rings (SSSR count). The van der Waals surface area contributed by atoms with E-state index < -0.39 is 0 Å². The lowest BCUT2D eigenvalue weighted by molar-refractivity contribution is -0.117. The molecule has 0 heterocycles. The molecule has 2 aromatic rings. The van der Waals surface area contributed by atoms with E-state index in [1.165, 1.54) is 5.56 Å². The molecule has 0 aliphatic heterocycles. The lowest BCUT2D eigenvalue weighted by atomic mass is 10.1. The van der Waals surface area contributed by atoms with E-state index in [4.69, 9.17) is 0 Å². The molecule has 0 unspecified atom stereocenters. The predicted molar refractivity (Wildman–Crippen MR) is 87.7 cm³/mol. The summed E-state index contributed by atoms with van der Waals surface area (Å²) in [7, 11) is 0. The second-order valence-corrected chi connectivity index (χ2v) is 4.93. The van der Waals surface area contributed by atoms with Gasteiger partial charge in [-0.25, -0.2) is 0 Å². The molecule has 110 valence electrons. The summed E-state index contributed by atoms with van der Waals surface area (Å²) in [5.41, 5.74) is 3.19. The normalized spacial score (nSPS) is 10.8. The average Bonchev–Trinajstić information content (AvgIpc) is 2.59. The van der Waals surface area contributed by atoms with Gasteiger partial charge < -0.3 is 5.32 Å². The average molecular weight is 290 g/mol. The number of aryl methyl sites for hydroxylation is 1. The van der Waals surface area contributed by atoms with E-state index in [0.29, 0.717) is 6.54 Å².